The van der Waals surface area contributed by atoms with Crippen LogP contribution in [0.1, 0.15) is 59.1 Å². The molecule has 4 heteroatoms. The van der Waals surface area contributed by atoms with Gasteiger partial charge in [-0.25, -0.2) is 4.98 Å². The van der Waals surface area contributed by atoms with Crippen LogP contribution in [-0.2, 0) is 5.41 Å². The van der Waals surface area contributed by atoms with Crippen molar-refractivity contribution in [3.63, 3.8) is 0 Å². The maximum Gasteiger partial charge on any atom is 0.218 e. The summed E-state index contributed by atoms with van der Waals surface area (Å²) in [6, 6.07) is 22.0. The molecule has 2 aliphatic carbocycles. The minimum Gasteiger partial charge on any atom is -0.481 e. The van der Waals surface area contributed by atoms with E-state index in [-0.39, 0.29) is 11.3 Å². The van der Waals surface area contributed by atoms with Gasteiger partial charge in [0.15, 0.2) is 0 Å². The zero-order chi connectivity index (χ0) is 21.7. The first-order valence-electron chi connectivity index (χ1n) is 11.8. The molecule has 0 radical (unpaired) electrons. The number of fused-ring (bicyclic) bond motifs is 8. The lowest BCUT2D eigenvalue weighted by molar-refractivity contribution is 0.0521. The van der Waals surface area contributed by atoms with Crippen LogP contribution in [0.25, 0.3) is 0 Å². The van der Waals surface area contributed by atoms with Gasteiger partial charge in [-0.15, -0.1) is 0 Å². The summed E-state index contributed by atoms with van der Waals surface area (Å²) in [4.78, 5) is 6.90. The summed E-state index contributed by atoms with van der Waals surface area (Å²) in [5, 5.41) is 11.1. The summed E-state index contributed by atoms with van der Waals surface area (Å²) >= 11 is 0. The molecule has 0 amide bonds. The predicted octanol–water partition coefficient (Wildman–Crippen LogP) is 4.67. The molecule has 3 aliphatic rings. The largest absolute Gasteiger partial charge is 0.481 e. The SMILES string of the molecule is COc1ncccc1C(O)C1CCN(CC23CC(c4ccccc42)c2ccccc23)CC1. The first-order valence-corrected chi connectivity index (χ1v) is 11.8. The van der Waals surface area contributed by atoms with Crippen LogP contribution in [0.2, 0.25) is 0 Å². The molecular formula is C28H30N2O2. The Morgan fingerprint density at radius 1 is 1.00 bits per heavy atom. The Labute approximate surface area is 189 Å². The lowest BCUT2D eigenvalue weighted by Gasteiger charge is -2.40. The van der Waals surface area contributed by atoms with E-state index >= 15 is 0 Å². The third-order valence-corrected chi connectivity index (χ3v) is 8.14. The van der Waals surface area contributed by atoms with Crippen molar-refractivity contribution in [1.29, 1.82) is 0 Å². The average molecular weight is 427 g/mol. The minimum atomic E-state index is -0.525. The highest BCUT2D eigenvalue weighted by Gasteiger charge is 2.53. The number of aliphatic hydroxyl groups excluding tert-OH is 1. The van der Waals surface area contributed by atoms with Gasteiger partial charge in [0, 0.05) is 29.6 Å². The first kappa shape index (κ1) is 20.0. The summed E-state index contributed by atoms with van der Waals surface area (Å²) in [7, 11) is 1.62. The number of pyridine rings is 1. The zero-order valence-electron chi connectivity index (χ0n) is 18.6. The van der Waals surface area contributed by atoms with Crippen LogP contribution in [0.15, 0.2) is 66.9 Å². The van der Waals surface area contributed by atoms with Gasteiger partial charge >= 0.3 is 0 Å². The number of ether oxygens (including phenoxy) is 1. The van der Waals surface area contributed by atoms with E-state index in [1.807, 2.05) is 12.1 Å². The first-order chi connectivity index (χ1) is 15.7. The number of hydrogen-bond donors (Lipinski definition) is 1. The Hall–Kier alpha value is -2.69. The number of piperidine rings is 1. The van der Waals surface area contributed by atoms with Crippen molar-refractivity contribution in [2.75, 3.05) is 26.7 Å². The van der Waals surface area contributed by atoms with Gasteiger partial charge in [0.2, 0.25) is 5.88 Å². The maximum absolute atomic E-state index is 11.1. The van der Waals surface area contributed by atoms with Crippen LogP contribution in [0.4, 0.5) is 0 Å². The van der Waals surface area contributed by atoms with E-state index in [1.54, 1.807) is 13.3 Å². The quantitative estimate of drug-likeness (QED) is 0.644. The van der Waals surface area contributed by atoms with Crippen LogP contribution < -0.4 is 4.74 Å². The van der Waals surface area contributed by atoms with Crippen LogP contribution in [-0.4, -0.2) is 41.7 Å². The van der Waals surface area contributed by atoms with Crippen molar-refractivity contribution in [2.45, 2.75) is 36.7 Å². The van der Waals surface area contributed by atoms with E-state index in [4.69, 9.17) is 4.74 Å². The van der Waals surface area contributed by atoms with Crippen molar-refractivity contribution < 1.29 is 9.84 Å². The summed E-state index contributed by atoms with van der Waals surface area (Å²) < 4.78 is 5.38. The molecule has 1 atom stereocenters. The molecule has 0 saturated carbocycles. The molecule has 32 heavy (non-hydrogen) atoms. The number of nitrogens with zero attached hydrogens (tertiary/aromatic N) is 2. The second-order valence-corrected chi connectivity index (χ2v) is 9.67. The van der Waals surface area contributed by atoms with Crippen molar-refractivity contribution >= 4 is 0 Å². The topological polar surface area (TPSA) is 45.6 Å². The van der Waals surface area contributed by atoms with Gasteiger partial charge in [0.05, 0.1) is 13.2 Å². The highest BCUT2D eigenvalue weighted by Crippen LogP contribution is 2.60. The predicted molar refractivity (Wildman–Crippen MR) is 125 cm³/mol. The van der Waals surface area contributed by atoms with Gasteiger partial charge in [0.1, 0.15) is 0 Å². The number of benzene rings is 2. The Bertz CT molecular complexity index is 1090. The van der Waals surface area contributed by atoms with E-state index in [9.17, 15) is 5.11 Å². The molecule has 1 N–H and O–H groups in total. The van der Waals surface area contributed by atoms with E-state index < -0.39 is 6.10 Å². The van der Waals surface area contributed by atoms with E-state index in [1.165, 1.54) is 28.7 Å². The van der Waals surface area contributed by atoms with Gasteiger partial charge in [0.25, 0.3) is 0 Å². The van der Waals surface area contributed by atoms with Gasteiger partial charge in [-0.3, -0.25) is 0 Å². The normalized spacial score (nSPS) is 25.4. The second-order valence-electron chi connectivity index (χ2n) is 9.67. The molecule has 4 nitrogen and oxygen atoms in total. The number of likely N-dealkylation sites (tertiary alicyclic amines) is 1. The summed E-state index contributed by atoms with van der Waals surface area (Å²) in [5.74, 6) is 1.32. The minimum absolute atomic E-state index is 0.107. The molecule has 1 unspecified atom stereocenters. The van der Waals surface area contributed by atoms with Crippen molar-refractivity contribution in [1.82, 2.24) is 9.88 Å². The second kappa shape index (κ2) is 7.72. The molecule has 164 valence electrons. The number of aromatic nitrogens is 1. The third-order valence-electron chi connectivity index (χ3n) is 8.14. The number of rotatable bonds is 5. The summed E-state index contributed by atoms with van der Waals surface area (Å²) in [6.45, 7) is 3.10. The molecule has 6 rings (SSSR count). The van der Waals surface area contributed by atoms with Crippen LogP contribution in [0.3, 0.4) is 0 Å². The monoisotopic (exact) mass is 426 g/mol. The smallest absolute Gasteiger partial charge is 0.218 e. The molecule has 1 fully saturated rings. The highest BCUT2D eigenvalue weighted by molar-refractivity contribution is 5.62. The standard InChI is InChI=1S/C28H30N2O2/c1-32-27-22(9-6-14-29-27)26(31)19-12-15-30(16-13-19)18-28-17-23(20-7-2-4-10-24(20)28)21-8-3-5-11-25(21)28/h2-11,14,19,23,26,31H,12-13,15-18H2,1H3. The fourth-order valence-corrected chi connectivity index (χ4v) is 6.67. The lowest BCUT2D eigenvalue weighted by Crippen LogP contribution is -2.44. The van der Waals surface area contributed by atoms with Crippen molar-refractivity contribution in [2.24, 2.45) is 5.92 Å². The summed E-state index contributed by atoms with van der Waals surface area (Å²) in [5.41, 5.74) is 7.04. The fraction of sp³-hybridized carbons (Fsp3) is 0.393. The molecule has 1 saturated heterocycles. The van der Waals surface area contributed by atoms with Gasteiger partial charge in [-0.05, 0) is 72.7 Å². The van der Waals surface area contributed by atoms with Crippen LogP contribution in [0, 0.1) is 5.92 Å². The lowest BCUT2D eigenvalue weighted by atomic mass is 9.74. The molecule has 1 aromatic heterocycles. The van der Waals surface area contributed by atoms with Crippen molar-refractivity contribution in [3.8, 4) is 5.88 Å². The number of methoxy groups -OCH3 is 1. The number of hydrogen-bond acceptors (Lipinski definition) is 4. The van der Waals surface area contributed by atoms with Gasteiger partial charge < -0.3 is 14.7 Å². The Balaban J connectivity index is 1.22. The number of aliphatic hydroxyl groups is 1. The average Bonchev–Trinajstić information content (AvgIpc) is 3.36. The van der Waals surface area contributed by atoms with Crippen LogP contribution in [0.5, 0.6) is 5.88 Å². The van der Waals surface area contributed by atoms with E-state index in [0.717, 1.165) is 38.0 Å². The van der Waals surface area contributed by atoms with Gasteiger partial charge in [-0.1, -0.05) is 48.5 Å². The fourth-order valence-electron chi connectivity index (χ4n) is 6.67. The zero-order valence-corrected chi connectivity index (χ0v) is 18.6. The molecule has 1 aliphatic heterocycles. The molecule has 2 heterocycles. The Morgan fingerprint density at radius 3 is 2.31 bits per heavy atom. The molecular weight excluding hydrogens is 396 g/mol. The highest BCUT2D eigenvalue weighted by atomic mass is 16.5. The van der Waals surface area contributed by atoms with E-state index in [2.05, 4.69) is 58.4 Å². The third kappa shape index (κ3) is 2.93. The maximum atomic E-state index is 11.1. The molecule has 3 aromatic rings. The summed E-state index contributed by atoms with van der Waals surface area (Å²) in [6.07, 6.45) is 4.36. The van der Waals surface area contributed by atoms with Gasteiger partial charge in [-0.2, -0.15) is 0 Å². The molecule has 2 aromatic carbocycles. The Morgan fingerprint density at radius 2 is 1.66 bits per heavy atom. The molecule has 0 spiro atoms. The van der Waals surface area contributed by atoms with Crippen molar-refractivity contribution in [3.05, 3.63) is 94.7 Å². The van der Waals surface area contributed by atoms with E-state index in [0.29, 0.717) is 11.8 Å². The Kier molecular flexibility index (Phi) is 4.81. The molecule has 2 bridgehead atoms. The van der Waals surface area contributed by atoms with Crippen LogP contribution >= 0.6 is 0 Å².